The van der Waals surface area contributed by atoms with Crippen LogP contribution in [0.4, 0.5) is 5.69 Å². The molecule has 12 nitrogen and oxygen atoms in total. The Balaban J connectivity index is 1.19. The molecule has 1 amide bonds. The van der Waals surface area contributed by atoms with Crippen LogP contribution >= 0.6 is 0 Å². The third-order valence-corrected chi connectivity index (χ3v) is 5.77. The Morgan fingerprint density at radius 1 is 0.634 bits per heavy atom. The van der Waals surface area contributed by atoms with E-state index in [0.717, 1.165) is 37.4 Å². The van der Waals surface area contributed by atoms with Crippen LogP contribution in [0.25, 0.3) is 0 Å². The van der Waals surface area contributed by atoms with Gasteiger partial charge in [-0.1, -0.05) is 0 Å². The third kappa shape index (κ3) is 21.5. The first kappa shape index (κ1) is 35.3. The van der Waals surface area contributed by atoms with Crippen LogP contribution in [0.3, 0.4) is 0 Å². The molecule has 236 valence electrons. The van der Waals surface area contributed by atoms with Crippen molar-refractivity contribution in [2.75, 3.05) is 124 Å². The summed E-state index contributed by atoms with van der Waals surface area (Å²) in [6, 6.07) is 7.19. The maximum atomic E-state index is 11.0. The van der Waals surface area contributed by atoms with Crippen molar-refractivity contribution in [2.45, 2.75) is 25.9 Å². The van der Waals surface area contributed by atoms with Crippen LogP contribution in [-0.2, 0) is 42.7 Å². The number of hydrogen-bond donors (Lipinski definition) is 2. The maximum absolute atomic E-state index is 11.0. The summed E-state index contributed by atoms with van der Waals surface area (Å²) in [4.78, 5) is 11.0. The Morgan fingerprint density at radius 2 is 1.02 bits per heavy atom. The molecule has 0 aromatic heterocycles. The molecule has 1 aromatic rings. The Bertz CT molecular complexity index is 735. The van der Waals surface area contributed by atoms with Crippen molar-refractivity contribution in [1.29, 1.82) is 0 Å². The molecule has 12 heteroatoms. The third-order valence-electron chi connectivity index (χ3n) is 5.77. The first-order valence-electron chi connectivity index (χ1n) is 14.6. The van der Waals surface area contributed by atoms with Gasteiger partial charge in [0.1, 0.15) is 12.4 Å². The minimum atomic E-state index is -0.104. The summed E-state index contributed by atoms with van der Waals surface area (Å²) >= 11 is 0. The number of nitrogens with one attached hydrogen (secondary N) is 2. The van der Waals surface area contributed by atoms with E-state index in [-0.39, 0.29) is 5.91 Å². The number of hydrogen-bond acceptors (Lipinski definition) is 11. The van der Waals surface area contributed by atoms with Crippen molar-refractivity contribution in [3.63, 3.8) is 0 Å². The van der Waals surface area contributed by atoms with Gasteiger partial charge in [-0.05, 0) is 50.2 Å². The van der Waals surface area contributed by atoms with Crippen molar-refractivity contribution in [3.05, 3.63) is 24.3 Å². The summed E-state index contributed by atoms with van der Waals surface area (Å²) in [6.45, 7) is 11.9. The molecule has 1 saturated heterocycles. The number of anilines is 1. The van der Waals surface area contributed by atoms with Gasteiger partial charge in [-0.15, -0.1) is 0 Å². The summed E-state index contributed by atoms with van der Waals surface area (Å²) in [7, 11) is 0. The topological polar surface area (TPSA) is 124 Å². The number of ether oxygens (including phenoxy) is 9. The largest absolute Gasteiger partial charge is 0.491 e. The lowest BCUT2D eigenvalue weighted by Crippen LogP contribution is -2.33. The van der Waals surface area contributed by atoms with Crippen molar-refractivity contribution in [1.82, 2.24) is 5.32 Å². The van der Waals surface area contributed by atoms with Gasteiger partial charge in [-0.3, -0.25) is 4.79 Å². The van der Waals surface area contributed by atoms with Gasteiger partial charge < -0.3 is 53.3 Å². The predicted octanol–water partition coefficient (Wildman–Crippen LogP) is 1.91. The smallest absolute Gasteiger partial charge is 0.221 e. The molecule has 0 unspecified atom stereocenters. The molecule has 0 radical (unpaired) electrons. The van der Waals surface area contributed by atoms with E-state index in [1.807, 2.05) is 0 Å². The lowest BCUT2D eigenvalue weighted by atomic mass is 10.1. The van der Waals surface area contributed by atoms with Crippen LogP contribution in [0.1, 0.15) is 19.8 Å². The molecule has 1 aromatic carbocycles. The number of carbonyl (C=O) groups is 1. The normalized spacial score (nSPS) is 13.9. The number of benzene rings is 1. The molecule has 1 aliphatic rings. The summed E-state index contributed by atoms with van der Waals surface area (Å²) in [5, 5.41) is 6.04. The number of amides is 1. The Morgan fingerprint density at radius 3 is 1.44 bits per heavy atom. The minimum Gasteiger partial charge on any atom is -0.491 e. The first-order valence-corrected chi connectivity index (χ1v) is 14.6. The molecular formula is C29H50N2O10. The molecule has 0 saturated carbocycles. The van der Waals surface area contributed by atoms with Gasteiger partial charge in [0.25, 0.3) is 0 Å². The number of piperidine rings is 1. The zero-order valence-corrected chi connectivity index (χ0v) is 24.6. The first-order chi connectivity index (χ1) is 20.2. The highest BCUT2D eigenvalue weighted by Gasteiger charge is 2.12. The van der Waals surface area contributed by atoms with Gasteiger partial charge in [0.2, 0.25) is 5.91 Å². The highest BCUT2D eigenvalue weighted by Crippen LogP contribution is 2.15. The molecule has 1 heterocycles. The molecule has 0 atom stereocenters. The van der Waals surface area contributed by atoms with E-state index in [4.69, 9.17) is 42.6 Å². The second-order valence-electron chi connectivity index (χ2n) is 9.16. The van der Waals surface area contributed by atoms with Crippen molar-refractivity contribution in [2.24, 2.45) is 0 Å². The predicted molar refractivity (Wildman–Crippen MR) is 154 cm³/mol. The van der Waals surface area contributed by atoms with E-state index < -0.39 is 0 Å². The monoisotopic (exact) mass is 586 g/mol. The zero-order valence-electron chi connectivity index (χ0n) is 24.6. The van der Waals surface area contributed by atoms with Crippen molar-refractivity contribution < 1.29 is 47.4 Å². The van der Waals surface area contributed by atoms with Crippen LogP contribution in [0.15, 0.2) is 24.3 Å². The fourth-order valence-electron chi connectivity index (χ4n) is 3.71. The molecule has 41 heavy (non-hydrogen) atoms. The van der Waals surface area contributed by atoms with E-state index in [0.29, 0.717) is 112 Å². The summed E-state index contributed by atoms with van der Waals surface area (Å²) in [5.41, 5.74) is 0.736. The Kier molecular flexibility index (Phi) is 22.2. The molecular weight excluding hydrogens is 536 g/mol. The second kappa shape index (κ2) is 25.8. The van der Waals surface area contributed by atoms with E-state index in [1.165, 1.54) is 6.92 Å². The summed E-state index contributed by atoms with van der Waals surface area (Å²) < 4.78 is 49.8. The van der Waals surface area contributed by atoms with Crippen molar-refractivity contribution in [3.8, 4) is 5.75 Å². The van der Waals surface area contributed by atoms with Gasteiger partial charge in [-0.25, -0.2) is 0 Å². The van der Waals surface area contributed by atoms with Crippen LogP contribution in [-0.4, -0.2) is 131 Å². The summed E-state index contributed by atoms with van der Waals surface area (Å²) in [6.07, 6.45) is 2.53. The lowest BCUT2D eigenvalue weighted by molar-refractivity contribution is -0.114. The molecule has 1 aliphatic heterocycles. The molecule has 0 aliphatic carbocycles. The fourth-order valence-corrected chi connectivity index (χ4v) is 3.71. The average molecular weight is 587 g/mol. The van der Waals surface area contributed by atoms with Gasteiger partial charge >= 0.3 is 0 Å². The van der Waals surface area contributed by atoms with Gasteiger partial charge in [-0.2, -0.15) is 0 Å². The van der Waals surface area contributed by atoms with E-state index in [9.17, 15) is 4.79 Å². The zero-order chi connectivity index (χ0) is 29.1. The summed E-state index contributed by atoms with van der Waals surface area (Å²) in [5.74, 6) is 0.618. The minimum absolute atomic E-state index is 0.104. The van der Waals surface area contributed by atoms with Gasteiger partial charge in [0.15, 0.2) is 0 Å². The molecule has 2 N–H and O–H groups in total. The molecule has 0 spiro atoms. The number of carbonyl (C=O) groups excluding carboxylic acids is 1. The quantitative estimate of drug-likeness (QED) is 0.147. The van der Waals surface area contributed by atoms with Gasteiger partial charge in [0, 0.05) is 12.6 Å². The van der Waals surface area contributed by atoms with Crippen molar-refractivity contribution >= 4 is 11.6 Å². The Labute approximate surface area is 244 Å². The van der Waals surface area contributed by atoms with Crippen LogP contribution < -0.4 is 15.4 Å². The maximum Gasteiger partial charge on any atom is 0.221 e. The highest BCUT2D eigenvalue weighted by atomic mass is 16.6. The van der Waals surface area contributed by atoms with E-state index in [2.05, 4.69) is 10.6 Å². The van der Waals surface area contributed by atoms with Crippen LogP contribution in [0.2, 0.25) is 0 Å². The van der Waals surface area contributed by atoms with E-state index in [1.54, 1.807) is 24.3 Å². The van der Waals surface area contributed by atoms with Crippen LogP contribution in [0.5, 0.6) is 5.75 Å². The highest BCUT2D eigenvalue weighted by molar-refractivity contribution is 5.88. The van der Waals surface area contributed by atoms with Gasteiger partial charge in [0.05, 0.1) is 105 Å². The molecule has 1 fully saturated rings. The fraction of sp³-hybridized carbons (Fsp3) is 0.759. The lowest BCUT2D eigenvalue weighted by Gasteiger charge is -2.22. The standard InChI is InChI=1S/C29H50N2O10/c1-26(32)31-27-2-4-28(5-3-27)40-24-22-38-20-18-36-16-14-34-12-10-33-11-13-35-15-17-37-19-21-39-23-25-41-29-6-8-30-9-7-29/h2-5,29-30H,6-25H2,1H3,(H,31,32). The Hall–Kier alpha value is -1.87. The molecule has 2 rings (SSSR count). The van der Waals surface area contributed by atoms with E-state index >= 15 is 0 Å². The number of rotatable bonds is 27. The second-order valence-corrected chi connectivity index (χ2v) is 9.16. The SMILES string of the molecule is CC(=O)Nc1ccc(OCCOCCOCCOCCOCCOCCOCCOCCOC2CCNCC2)cc1. The van der Waals surface area contributed by atoms with Crippen LogP contribution in [0, 0.1) is 0 Å². The average Bonchev–Trinajstić information content (AvgIpc) is 2.98. The molecule has 0 bridgehead atoms.